The number of hydrogen-bond acceptors (Lipinski definition) is 5. The predicted octanol–water partition coefficient (Wildman–Crippen LogP) is 2.30. The van der Waals surface area contributed by atoms with Crippen molar-refractivity contribution in [3.63, 3.8) is 0 Å². The first-order valence-electron chi connectivity index (χ1n) is 9.29. The van der Waals surface area contributed by atoms with Gasteiger partial charge in [-0.2, -0.15) is 0 Å². The fourth-order valence-corrected chi connectivity index (χ4v) is 3.11. The number of hydrogen-bond donors (Lipinski definition) is 2. The number of carbonyl (C=O) groups is 1. The maximum absolute atomic E-state index is 12.9. The molecular formula is C21H27N3O3. The first-order chi connectivity index (χ1) is 13.3. The topological polar surface area (TPSA) is 62.8 Å². The van der Waals surface area contributed by atoms with Crippen LogP contribution in [0.15, 0.2) is 54.6 Å². The van der Waals surface area contributed by atoms with Crippen LogP contribution in [0.1, 0.15) is 11.6 Å². The second kappa shape index (κ2) is 10.1. The van der Waals surface area contributed by atoms with Gasteiger partial charge in [0.25, 0.3) is 0 Å². The Labute approximate surface area is 160 Å². The van der Waals surface area contributed by atoms with Gasteiger partial charge in [0.1, 0.15) is 11.8 Å². The molecule has 1 aliphatic heterocycles. The van der Waals surface area contributed by atoms with Crippen LogP contribution in [0, 0.1) is 0 Å². The van der Waals surface area contributed by atoms with Crippen LogP contribution >= 0.6 is 0 Å². The lowest BCUT2D eigenvalue weighted by molar-refractivity contribution is -0.118. The summed E-state index contributed by atoms with van der Waals surface area (Å²) < 4.78 is 10.6. The Morgan fingerprint density at radius 3 is 2.67 bits per heavy atom. The van der Waals surface area contributed by atoms with Crippen LogP contribution in [0.25, 0.3) is 0 Å². The summed E-state index contributed by atoms with van der Waals surface area (Å²) >= 11 is 0. The Kier molecular flexibility index (Phi) is 7.21. The van der Waals surface area contributed by atoms with E-state index in [0.29, 0.717) is 5.75 Å². The fraction of sp³-hybridized carbons (Fsp3) is 0.381. The summed E-state index contributed by atoms with van der Waals surface area (Å²) in [6.45, 7) is 5.04. The standard InChI is InChI=1S/C21H27N3O3/c1-26-19-9-5-8-18(16-19)23-21(25)20(17-6-3-2-4-7-17)22-10-11-24-12-14-27-15-13-24/h2-9,16,20,22H,10-15H2,1H3,(H,23,25)/t20-/m1/s1. The molecule has 144 valence electrons. The first-order valence-corrected chi connectivity index (χ1v) is 9.29. The number of morpholine rings is 1. The fourth-order valence-electron chi connectivity index (χ4n) is 3.11. The summed E-state index contributed by atoms with van der Waals surface area (Å²) in [7, 11) is 1.61. The molecule has 6 heteroatoms. The highest BCUT2D eigenvalue weighted by atomic mass is 16.5. The molecule has 1 atom stereocenters. The van der Waals surface area contributed by atoms with Crippen LogP contribution in [-0.4, -0.2) is 57.3 Å². The molecule has 2 aromatic rings. The van der Waals surface area contributed by atoms with Crippen molar-refractivity contribution >= 4 is 11.6 Å². The number of amides is 1. The second-order valence-corrected chi connectivity index (χ2v) is 6.47. The van der Waals surface area contributed by atoms with Gasteiger partial charge in [-0.15, -0.1) is 0 Å². The Morgan fingerprint density at radius 1 is 1.15 bits per heavy atom. The summed E-state index contributed by atoms with van der Waals surface area (Å²) in [5.41, 5.74) is 1.66. The van der Waals surface area contributed by atoms with E-state index in [9.17, 15) is 4.79 Å². The van der Waals surface area contributed by atoms with Crippen molar-refractivity contribution in [2.75, 3.05) is 51.8 Å². The quantitative estimate of drug-likeness (QED) is 0.748. The van der Waals surface area contributed by atoms with Crippen molar-refractivity contribution in [2.45, 2.75) is 6.04 Å². The van der Waals surface area contributed by atoms with Crippen LogP contribution in [0.3, 0.4) is 0 Å². The molecule has 0 aliphatic carbocycles. The van der Waals surface area contributed by atoms with Gasteiger partial charge in [0.2, 0.25) is 5.91 Å². The molecule has 0 aromatic heterocycles. The minimum Gasteiger partial charge on any atom is -0.497 e. The SMILES string of the molecule is COc1cccc(NC(=O)[C@H](NCCN2CCOCC2)c2ccccc2)c1. The number of benzene rings is 2. The molecular weight excluding hydrogens is 342 g/mol. The first kappa shape index (κ1) is 19.4. The van der Waals surface area contributed by atoms with E-state index in [0.717, 1.165) is 50.6 Å². The molecule has 1 heterocycles. The van der Waals surface area contributed by atoms with Crippen LogP contribution < -0.4 is 15.4 Å². The number of ether oxygens (including phenoxy) is 2. The Balaban J connectivity index is 1.64. The highest BCUT2D eigenvalue weighted by Crippen LogP contribution is 2.20. The monoisotopic (exact) mass is 369 g/mol. The third-order valence-corrected chi connectivity index (χ3v) is 4.61. The average molecular weight is 369 g/mol. The van der Waals surface area contributed by atoms with Gasteiger partial charge in [-0.1, -0.05) is 36.4 Å². The molecule has 3 rings (SSSR count). The van der Waals surface area contributed by atoms with Gasteiger partial charge in [0.05, 0.1) is 20.3 Å². The van der Waals surface area contributed by atoms with E-state index in [1.54, 1.807) is 7.11 Å². The molecule has 6 nitrogen and oxygen atoms in total. The maximum atomic E-state index is 12.9. The Bertz CT molecular complexity index is 718. The lowest BCUT2D eigenvalue weighted by atomic mass is 10.1. The van der Waals surface area contributed by atoms with Crippen LogP contribution in [0.2, 0.25) is 0 Å². The number of nitrogens with zero attached hydrogens (tertiary/aromatic N) is 1. The molecule has 0 spiro atoms. The summed E-state index contributed by atoms with van der Waals surface area (Å²) in [6, 6.07) is 16.8. The smallest absolute Gasteiger partial charge is 0.246 e. The summed E-state index contributed by atoms with van der Waals surface area (Å²) in [5.74, 6) is 0.626. The molecule has 0 bridgehead atoms. The van der Waals surface area contributed by atoms with E-state index in [2.05, 4.69) is 15.5 Å². The zero-order valence-electron chi connectivity index (χ0n) is 15.7. The Morgan fingerprint density at radius 2 is 1.93 bits per heavy atom. The molecule has 0 unspecified atom stereocenters. The van der Waals surface area contributed by atoms with Gasteiger partial charge < -0.3 is 20.1 Å². The van der Waals surface area contributed by atoms with Crippen molar-refractivity contribution in [1.82, 2.24) is 10.2 Å². The number of methoxy groups -OCH3 is 1. The number of rotatable bonds is 8. The number of carbonyl (C=O) groups excluding carboxylic acids is 1. The summed E-state index contributed by atoms with van der Waals surface area (Å²) in [5, 5.41) is 6.39. The molecule has 2 aromatic carbocycles. The highest BCUT2D eigenvalue weighted by molar-refractivity contribution is 5.95. The zero-order chi connectivity index (χ0) is 18.9. The van der Waals surface area contributed by atoms with Gasteiger partial charge in [0.15, 0.2) is 0 Å². The minimum atomic E-state index is -0.418. The van der Waals surface area contributed by atoms with E-state index in [-0.39, 0.29) is 5.91 Å². The van der Waals surface area contributed by atoms with E-state index >= 15 is 0 Å². The molecule has 0 saturated carbocycles. The van der Waals surface area contributed by atoms with E-state index in [1.165, 1.54) is 0 Å². The van der Waals surface area contributed by atoms with Gasteiger partial charge >= 0.3 is 0 Å². The van der Waals surface area contributed by atoms with Crippen LogP contribution in [0.5, 0.6) is 5.75 Å². The molecule has 27 heavy (non-hydrogen) atoms. The van der Waals surface area contributed by atoms with E-state index < -0.39 is 6.04 Å². The average Bonchev–Trinajstić information content (AvgIpc) is 2.72. The lowest BCUT2D eigenvalue weighted by Gasteiger charge is -2.27. The largest absolute Gasteiger partial charge is 0.497 e. The van der Waals surface area contributed by atoms with Crippen molar-refractivity contribution in [3.05, 3.63) is 60.2 Å². The number of anilines is 1. The maximum Gasteiger partial charge on any atom is 0.246 e. The third kappa shape index (κ3) is 5.79. The highest BCUT2D eigenvalue weighted by Gasteiger charge is 2.21. The Hall–Kier alpha value is -2.41. The molecule has 2 N–H and O–H groups in total. The molecule has 0 radical (unpaired) electrons. The van der Waals surface area contributed by atoms with Gasteiger partial charge in [-0.05, 0) is 17.7 Å². The third-order valence-electron chi connectivity index (χ3n) is 4.61. The summed E-state index contributed by atoms with van der Waals surface area (Å²) in [6.07, 6.45) is 0. The van der Waals surface area contributed by atoms with Crippen molar-refractivity contribution in [2.24, 2.45) is 0 Å². The lowest BCUT2D eigenvalue weighted by Crippen LogP contribution is -2.42. The molecule has 1 fully saturated rings. The van der Waals surface area contributed by atoms with Gasteiger partial charge in [0, 0.05) is 37.9 Å². The summed E-state index contributed by atoms with van der Waals surface area (Å²) in [4.78, 5) is 15.3. The van der Waals surface area contributed by atoms with E-state index in [4.69, 9.17) is 9.47 Å². The predicted molar refractivity (Wildman–Crippen MR) is 106 cm³/mol. The van der Waals surface area contributed by atoms with Gasteiger partial charge in [-0.25, -0.2) is 0 Å². The van der Waals surface area contributed by atoms with Gasteiger partial charge in [-0.3, -0.25) is 9.69 Å². The normalized spacial score (nSPS) is 15.9. The molecule has 1 amide bonds. The molecule has 1 aliphatic rings. The van der Waals surface area contributed by atoms with Crippen molar-refractivity contribution < 1.29 is 14.3 Å². The zero-order valence-corrected chi connectivity index (χ0v) is 15.7. The van der Waals surface area contributed by atoms with Crippen molar-refractivity contribution in [1.29, 1.82) is 0 Å². The van der Waals surface area contributed by atoms with Crippen LogP contribution in [-0.2, 0) is 9.53 Å². The van der Waals surface area contributed by atoms with Crippen LogP contribution in [0.4, 0.5) is 5.69 Å². The minimum absolute atomic E-state index is 0.0866. The van der Waals surface area contributed by atoms with Crippen molar-refractivity contribution in [3.8, 4) is 5.75 Å². The second-order valence-electron chi connectivity index (χ2n) is 6.47. The molecule has 1 saturated heterocycles. The number of nitrogens with one attached hydrogen (secondary N) is 2. The van der Waals surface area contributed by atoms with E-state index in [1.807, 2.05) is 54.6 Å².